The highest BCUT2D eigenvalue weighted by Gasteiger charge is 2.07. The summed E-state index contributed by atoms with van der Waals surface area (Å²) in [5, 5.41) is 0. The molecule has 74 valence electrons. The molecule has 1 aromatic carbocycles. The van der Waals surface area contributed by atoms with Gasteiger partial charge >= 0.3 is 0 Å². The standard InChI is InChI=1S/C13H17N/c1-4-10-14(3)12(2)11-13-8-6-5-7-9-13/h1,5-9,12H,10-11H2,2-3H3/t12-/m1/s1/i1D,5D,6D,7D,8D,9D,10D2,11D2. The van der Waals surface area contributed by atoms with Gasteiger partial charge in [0, 0.05) is 8.78 Å². The summed E-state index contributed by atoms with van der Waals surface area (Å²) in [4.78, 5) is 0.926. The lowest BCUT2D eigenvalue weighted by Crippen LogP contribution is -2.31. The van der Waals surface area contributed by atoms with Gasteiger partial charge in [0.25, 0.3) is 0 Å². The maximum absolute atomic E-state index is 8.26. The van der Waals surface area contributed by atoms with E-state index in [1.807, 2.05) is 5.92 Å². The minimum Gasteiger partial charge on any atom is -0.292 e. The van der Waals surface area contributed by atoms with Crippen molar-refractivity contribution in [1.82, 2.24) is 4.90 Å². The first-order chi connectivity index (χ1) is 10.8. The molecule has 0 bridgehead atoms. The predicted molar refractivity (Wildman–Crippen MR) is 61.1 cm³/mol. The molecule has 0 heterocycles. The van der Waals surface area contributed by atoms with E-state index >= 15 is 0 Å². The Morgan fingerprint density at radius 3 is 3.00 bits per heavy atom. The molecule has 0 N–H and O–H groups in total. The van der Waals surface area contributed by atoms with E-state index in [1.165, 1.54) is 14.0 Å². The van der Waals surface area contributed by atoms with E-state index in [-0.39, 0.29) is 0 Å². The quantitative estimate of drug-likeness (QED) is 0.669. The summed E-state index contributed by atoms with van der Waals surface area (Å²) in [6.45, 7) is -0.994. The Kier molecular flexibility index (Phi) is 1.33. The zero-order chi connectivity index (χ0) is 19.0. The summed E-state index contributed by atoms with van der Waals surface area (Å²) in [5.74, 6) is 2.00. The topological polar surface area (TPSA) is 3.24 Å². The molecule has 0 saturated heterocycles. The van der Waals surface area contributed by atoms with Crippen molar-refractivity contribution in [3.05, 3.63) is 35.8 Å². The molecular formula is C13H17N. The van der Waals surface area contributed by atoms with Crippen LogP contribution in [0, 0.1) is 12.3 Å². The Hall–Kier alpha value is -1.26. The molecule has 0 spiro atoms. The van der Waals surface area contributed by atoms with Crippen molar-refractivity contribution in [1.29, 1.82) is 0 Å². The van der Waals surface area contributed by atoms with Gasteiger partial charge in [-0.1, -0.05) is 36.1 Å². The number of nitrogens with zero attached hydrogens (tertiary/aromatic N) is 1. The van der Waals surface area contributed by atoms with E-state index in [9.17, 15) is 0 Å². The molecule has 1 nitrogen and oxygen atoms in total. The highest BCUT2D eigenvalue weighted by molar-refractivity contribution is 5.15. The number of benzene rings is 1. The molecular weight excluding hydrogens is 170 g/mol. The lowest BCUT2D eigenvalue weighted by molar-refractivity contribution is 0.287. The molecule has 0 aliphatic carbocycles. The molecule has 0 amide bonds. The third-order valence-corrected chi connectivity index (χ3v) is 1.67. The summed E-state index contributed by atoms with van der Waals surface area (Å²) in [6, 6.07) is -4.49. The van der Waals surface area contributed by atoms with E-state index in [0.717, 1.165) is 4.90 Å². The Balaban J connectivity index is 3.52. The van der Waals surface area contributed by atoms with Crippen LogP contribution in [0.1, 0.15) is 26.2 Å². The van der Waals surface area contributed by atoms with Gasteiger partial charge in [-0.25, -0.2) is 0 Å². The maximum Gasteiger partial charge on any atom is 0.124 e. The van der Waals surface area contributed by atoms with Crippen molar-refractivity contribution < 1.29 is 13.7 Å². The lowest BCUT2D eigenvalue weighted by Gasteiger charge is -2.22. The van der Waals surface area contributed by atoms with E-state index in [4.69, 9.17) is 13.7 Å². The Morgan fingerprint density at radius 1 is 1.64 bits per heavy atom. The third kappa shape index (κ3) is 3.24. The van der Waals surface area contributed by atoms with Crippen LogP contribution in [0.15, 0.2) is 30.2 Å². The number of likely N-dealkylation sites (N-methyl/N-ethyl adjacent to an activating group) is 1. The van der Waals surface area contributed by atoms with Crippen molar-refractivity contribution in [2.75, 3.05) is 13.5 Å². The van der Waals surface area contributed by atoms with Crippen LogP contribution in [-0.2, 0) is 6.37 Å². The molecule has 0 fully saturated rings. The Morgan fingerprint density at radius 2 is 2.36 bits per heavy atom. The van der Waals surface area contributed by atoms with Crippen LogP contribution in [0.25, 0.3) is 0 Å². The summed E-state index contributed by atoms with van der Waals surface area (Å²) < 4.78 is 77.5. The summed E-state index contributed by atoms with van der Waals surface area (Å²) in [5.41, 5.74) is -0.539. The van der Waals surface area contributed by atoms with Gasteiger partial charge in [0.1, 0.15) is 1.37 Å². The van der Waals surface area contributed by atoms with Gasteiger partial charge < -0.3 is 0 Å². The number of terminal acetylenes is 1. The van der Waals surface area contributed by atoms with Crippen molar-refractivity contribution in [2.24, 2.45) is 0 Å². The van der Waals surface area contributed by atoms with E-state index in [2.05, 4.69) is 0 Å². The summed E-state index contributed by atoms with van der Waals surface area (Å²) in [6.07, 6.45) is -0.774. The van der Waals surface area contributed by atoms with Crippen molar-refractivity contribution in [3.8, 4) is 12.3 Å². The zero-order valence-corrected chi connectivity index (χ0v) is 8.02. The molecule has 0 radical (unpaired) electrons. The highest BCUT2D eigenvalue weighted by atomic mass is 15.1. The van der Waals surface area contributed by atoms with Crippen molar-refractivity contribution in [2.45, 2.75) is 19.3 Å². The van der Waals surface area contributed by atoms with Crippen molar-refractivity contribution >= 4 is 0 Å². The van der Waals surface area contributed by atoms with Gasteiger partial charge in [0.05, 0.1) is 16.1 Å². The average molecular weight is 197 g/mol. The number of hydrogen-bond donors (Lipinski definition) is 0. The molecule has 0 aliphatic rings. The molecule has 0 unspecified atom stereocenters. The first-order valence-corrected chi connectivity index (χ1v) is 4.05. The van der Waals surface area contributed by atoms with Gasteiger partial charge in [0.2, 0.25) is 0 Å². The van der Waals surface area contributed by atoms with Crippen LogP contribution in [0.2, 0.25) is 0 Å². The van der Waals surface area contributed by atoms with Gasteiger partial charge in [0.15, 0.2) is 0 Å². The SMILES string of the molecule is [2H]C#CC([2H])([2H])N(C)[C@H](C)C([2H])([2H])c1c([2H])c([2H])c([2H])c([2H])c1[2H]. The molecule has 14 heavy (non-hydrogen) atoms. The van der Waals surface area contributed by atoms with Crippen molar-refractivity contribution in [3.63, 3.8) is 0 Å². The average Bonchev–Trinajstić information content (AvgIpc) is 2.49. The second-order valence-corrected chi connectivity index (χ2v) is 2.67. The Bertz CT molecular complexity index is 674. The van der Waals surface area contributed by atoms with E-state index in [0.29, 0.717) is 0 Å². The highest BCUT2D eigenvalue weighted by Crippen LogP contribution is 2.06. The first-order valence-electron chi connectivity index (χ1n) is 9.05. The first kappa shape index (κ1) is 3.40. The fourth-order valence-electron chi connectivity index (χ4n) is 0.813. The Labute approximate surface area is 101 Å². The van der Waals surface area contributed by atoms with Crippen LogP contribution < -0.4 is 0 Å². The van der Waals surface area contributed by atoms with Gasteiger partial charge in [-0.3, -0.25) is 4.90 Å². The lowest BCUT2D eigenvalue weighted by atomic mass is 10.1. The number of hydrogen-bond acceptors (Lipinski definition) is 1. The normalized spacial score (nSPS) is 24.2. The molecule has 1 atom stereocenters. The monoisotopic (exact) mass is 197 g/mol. The maximum atomic E-state index is 8.26. The van der Waals surface area contributed by atoms with Gasteiger partial charge in [-0.2, -0.15) is 0 Å². The fourth-order valence-corrected chi connectivity index (χ4v) is 0.813. The third-order valence-electron chi connectivity index (χ3n) is 1.67. The minimum absolute atomic E-state index is 0.539. The van der Waals surface area contributed by atoms with E-state index < -0.39 is 54.7 Å². The van der Waals surface area contributed by atoms with Crippen LogP contribution >= 0.6 is 0 Å². The van der Waals surface area contributed by atoms with Crippen LogP contribution in [0.4, 0.5) is 0 Å². The molecule has 1 heteroatoms. The summed E-state index contributed by atoms with van der Waals surface area (Å²) in [7, 11) is 1.25. The van der Waals surface area contributed by atoms with E-state index in [1.54, 1.807) is 6.40 Å². The number of rotatable bonds is 4. The second-order valence-electron chi connectivity index (χ2n) is 2.67. The second kappa shape index (κ2) is 5.47. The van der Waals surface area contributed by atoms with Crippen LogP contribution in [0.3, 0.4) is 0 Å². The largest absolute Gasteiger partial charge is 0.292 e. The van der Waals surface area contributed by atoms with Crippen LogP contribution in [-0.4, -0.2) is 24.5 Å². The molecule has 0 aliphatic heterocycles. The molecule has 1 rings (SSSR count). The smallest absolute Gasteiger partial charge is 0.124 e. The molecule has 0 saturated carbocycles. The minimum atomic E-state index is -2.46. The fraction of sp³-hybridized carbons (Fsp3) is 0.385. The predicted octanol–water partition coefficient (Wildman–Crippen LogP) is 2.18. The van der Waals surface area contributed by atoms with Gasteiger partial charge in [-0.15, -0.1) is 6.40 Å². The van der Waals surface area contributed by atoms with Crippen LogP contribution in [0.5, 0.6) is 0 Å². The molecule has 1 aromatic rings. The van der Waals surface area contributed by atoms with Gasteiger partial charge in [-0.05, 0) is 25.9 Å². The zero-order valence-electron chi connectivity index (χ0n) is 18.0. The summed E-state index contributed by atoms with van der Waals surface area (Å²) >= 11 is 0. The molecule has 0 aromatic heterocycles.